The maximum atomic E-state index is 13.1. The largest absolute Gasteiger partial charge is 0.383 e. The van der Waals surface area contributed by atoms with Gasteiger partial charge in [0.15, 0.2) is 0 Å². The summed E-state index contributed by atoms with van der Waals surface area (Å²) in [5, 5.41) is 3.21. The number of rotatable bonds is 6. The van der Waals surface area contributed by atoms with Crippen molar-refractivity contribution in [1.82, 2.24) is 4.90 Å². The fraction of sp³-hybridized carbons (Fsp3) is 0.273. The van der Waals surface area contributed by atoms with Crippen LogP contribution in [0.3, 0.4) is 0 Å². The highest BCUT2D eigenvalue weighted by molar-refractivity contribution is 6.36. The van der Waals surface area contributed by atoms with Crippen molar-refractivity contribution in [3.63, 3.8) is 0 Å². The zero-order chi connectivity index (χ0) is 19.6. The minimum atomic E-state index is -0.324. The highest BCUT2D eigenvalue weighted by Crippen LogP contribution is 2.33. The van der Waals surface area contributed by atoms with E-state index in [0.717, 1.165) is 27.9 Å². The third-order valence-electron chi connectivity index (χ3n) is 4.74. The minimum Gasteiger partial charge on any atom is -0.383 e. The number of anilines is 1. The van der Waals surface area contributed by atoms with Crippen LogP contribution in [-0.4, -0.2) is 37.0 Å². The van der Waals surface area contributed by atoms with Crippen LogP contribution in [0.1, 0.15) is 22.3 Å². The third-order valence-corrected chi connectivity index (χ3v) is 4.74. The quantitative estimate of drug-likeness (QED) is 0.798. The molecule has 1 aliphatic heterocycles. The van der Waals surface area contributed by atoms with Gasteiger partial charge in [-0.05, 0) is 43.5 Å². The molecule has 0 aromatic heterocycles. The summed E-state index contributed by atoms with van der Waals surface area (Å²) in [6, 6.07) is 13.6. The van der Waals surface area contributed by atoms with Crippen LogP contribution in [-0.2, 0) is 14.3 Å². The summed E-state index contributed by atoms with van der Waals surface area (Å²) < 4.78 is 5.07. The topological polar surface area (TPSA) is 58.6 Å². The molecule has 0 atom stereocenters. The molecule has 1 heterocycles. The fourth-order valence-corrected chi connectivity index (χ4v) is 3.27. The lowest BCUT2D eigenvalue weighted by molar-refractivity contribution is -0.137. The van der Waals surface area contributed by atoms with Crippen LogP contribution in [0.25, 0.3) is 5.57 Å². The van der Waals surface area contributed by atoms with E-state index in [1.165, 1.54) is 4.90 Å². The number of para-hydroxylation sites is 1. The molecule has 0 aliphatic carbocycles. The van der Waals surface area contributed by atoms with E-state index in [1.807, 2.05) is 63.2 Å². The molecule has 5 heteroatoms. The Labute approximate surface area is 159 Å². The Kier molecular flexibility index (Phi) is 5.42. The number of imide groups is 1. The molecule has 140 valence electrons. The molecular formula is C22H24N2O3. The number of carbonyl (C=O) groups is 2. The molecule has 0 saturated carbocycles. The average molecular weight is 364 g/mol. The summed E-state index contributed by atoms with van der Waals surface area (Å²) >= 11 is 0. The van der Waals surface area contributed by atoms with Crippen molar-refractivity contribution in [1.29, 1.82) is 0 Å². The molecule has 2 aromatic rings. The maximum Gasteiger partial charge on any atom is 0.278 e. The first-order valence-electron chi connectivity index (χ1n) is 8.93. The van der Waals surface area contributed by atoms with E-state index < -0.39 is 0 Å². The molecule has 0 unspecified atom stereocenters. The van der Waals surface area contributed by atoms with Gasteiger partial charge in [0.25, 0.3) is 11.8 Å². The lowest BCUT2D eigenvalue weighted by atomic mass is 9.97. The molecule has 2 amide bonds. The first-order chi connectivity index (χ1) is 12.9. The van der Waals surface area contributed by atoms with Crippen LogP contribution < -0.4 is 5.32 Å². The SMILES string of the molecule is COCCN1C(=O)C(Nc2ccccc2C)=C(c2ccc(C)cc2C)C1=O. The van der Waals surface area contributed by atoms with Gasteiger partial charge in [0.1, 0.15) is 5.70 Å². The van der Waals surface area contributed by atoms with Crippen molar-refractivity contribution in [2.24, 2.45) is 0 Å². The molecule has 27 heavy (non-hydrogen) atoms. The fourth-order valence-electron chi connectivity index (χ4n) is 3.27. The van der Waals surface area contributed by atoms with Crippen LogP contribution in [0.5, 0.6) is 0 Å². The smallest absolute Gasteiger partial charge is 0.278 e. The number of nitrogens with one attached hydrogen (secondary N) is 1. The van der Waals surface area contributed by atoms with Gasteiger partial charge in [-0.1, -0.05) is 42.0 Å². The zero-order valence-electron chi connectivity index (χ0n) is 16.1. The molecule has 1 aliphatic rings. The van der Waals surface area contributed by atoms with Crippen molar-refractivity contribution in [3.8, 4) is 0 Å². The van der Waals surface area contributed by atoms with E-state index >= 15 is 0 Å². The molecule has 0 bridgehead atoms. The van der Waals surface area contributed by atoms with Crippen LogP contribution >= 0.6 is 0 Å². The molecule has 2 aromatic carbocycles. The Balaban J connectivity index is 2.11. The Hall–Kier alpha value is -2.92. The molecule has 3 rings (SSSR count). The Morgan fingerprint density at radius 2 is 1.70 bits per heavy atom. The number of nitrogens with zero attached hydrogens (tertiary/aromatic N) is 1. The first-order valence-corrected chi connectivity index (χ1v) is 8.93. The molecule has 0 radical (unpaired) electrons. The monoisotopic (exact) mass is 364 g/mol. The number of ether oxygens (including phenoxy) is 1. The number of benzene rings is 2. The van der Waals surface area contributed by atoms with Gasteiger partial charge < -0.3 is 10.1 Å². The third kappa shape index (κ3) is 3.64. The van der Waals surface area contributed by atoms with Crippen molar-refractivity contribution in [3.05, 3.63) is 70.4 Å². The number of hydrogen-bond acceptors (Lipinski definition) is 4. The van der Waals surface area contributed by atoms with Crippen molar-refractivity contribution in [2.45, 2.75) is 20.8 Å². The Morgan fingerprint density at radius 1 is 0.963 bits per heavy atom. The summed E-state index contributed by atoms with van der Waals surface area (Å²) in [4.78, 5) is 27.4. The van der Waals surface area contributed by atoms with E-state index in [1.54, 1.807) is 7.11 Å². The van der Waals surface area contributed by atoms with Crippen LogP contribution in [0.2, 0.25) is 0 Å². The highest BCUT2D eigenvalue weighted by Gasteiger charge is 2.39. The number of hydrogen-bond donors (Lipinski definition) is 1. The molecule has 0 saturated heterocycles. The van der Waals surface area contributed by atoms with Crippen LogP contribution in [0.4, 0.5) is 5.69 Å². The van der Waals surface area contributed by atoms with Gasteiger partial charge in [0.2, 0.25) is 0 Å². The van der Waals surface area contributed by atoms with Gasteiger partial charge in [-0.2, -0.15) is 0 Å². The van der Waals surface area contributed by atoms with Crippen molar-refractivity contribution in [2.75, 3.05) is 25.6 Å². The standard InChI is InChI=1S/C22H24N2O3/c1-14-9-10-17(16(3)13-14)19-20(23-18-8-6-5-7-15(18)2)22(26)24(21(19)25)11-12-27-4/h5-10,13,23H,11-12H2,1-4H3. The van der Waals surface area contributed by atoms with Crippen LogP contribution in [0.15, 0.2) is 48.2 Å². The number of aryl methyl sites for hydroxylation is 3. The minimum absolute atomic E-state index is 0.224. The second kappa shape index (κ2) is 7.76. The summed E-state index contributed by atoms with van der Waals surface area (Å²) in [6.45, 7) is 6.45. The molecule has 1 N–H and O–H groups in total. The van der Waals surface area contributed by atoms with Crippen LogP contribution in [0, 0.1) is 20.8 Å². The summed E-state index contributed by atoms with van der Waals surface area (Å²) in [7, 11) is 1.55. The lowest BCUT2D eigenvalue weighted by Gasteiger charge is -2.15. The average Bonchev–Trinajstić information content (AvgIpc) is 2.86. The van der Waals surface area contributed by atoms with Crippen molar-refractivity contribution < 1.29 is 14.3 Å². The highest BCUT2D eigenvalue weighted by atomic mass is 16.5. The molecular weight excluding hydrogens is 340 g/mol. The first kappa shape index (κ1) is 18.9. The van der Waals surface area contributed by atoms with E-state index in [0.29, 0.717) is 17.9 Å². The zero-order valence-corrected chi connectivity index (χ0v) is 16.1. The number of amides is 2. The van der Waals surface area contributed by atoms with Crippen molar-refractivity contribution >= 4 is 23.1 Å². The summed E-state index contributed by atoms with van der Waals surface area (Å²) in [5.74, 6) is -0.615. The number of methoxy groups -OCH3 is 1. The Morgan fingerprint density at radius 3 is 2.37 bits per heavy atom. The van der Waals surface area contributed by atoms with E-state index in [2.05, 4.69) is 5.32 Å². The van der Waals surface area contributed by atoms with E-state index in [-0.39, 0.29) is 18.4 Å². The predicted molar refractivity (Wildman–Crippen MR) is 106 cm³/mol. The van der Waals surface area contributed by atoms with E-state index in [4.69, 9.17) is 4.74 Å². The van der Waals surface area contributed by atoms with Gasteiger partial charge in [-0.3, -0.25) is 14.5 Å². The summed E-state index contributed by atoms with van der Waals surface area (Å²) in [6.07, 6.45) is 0. The summed E-state index contributed by atoms with van der Waals surface area (Å²) in [5.41, 5.74) is 5.39. The lowest BCUT2D eigenvalue weighted by Crippen LogP contribution is -2.35. The predicted octanol–water partition coefficient (Wildman–Crippen LogP) is 3.45. The van der Waals surface area contributed by atoms with Gasteiger partial charge in [0, 0.05) is 12.8 Å². The maximum absolute atomic E-state index is 13.1. The second-order valence-corrected chi connectivity index (χ2v) is 6.76. The van der Waals surface area contributed by atoms with Gasteiger partial charge in [-0.15, -0.1) is 0 Å². The normalized spacial score (nSPS) is 14.3. The van der Waals surface area contributed by atoms with Gasteiger partial charge >= 0.3 is 0 Å². The van der Waals surface area contributed by atoms with Gasteiger partial charge in [0.05, 0.1) is 18.7 Å². The number of carbonyl (C=O) groups excluding carboxylic acids is 2. The molecule has 0 fully saturated rings. The molecule has 0 spiro atoms. The second-order valence-electron chi connectivity index (χ2n) is 6.76. The molecule has 5 nitrogen and oxygen atoms in total. The Bertz CT molecular complexity index is 931. The van der Waals surface area contributed by atoms with Gasteiger partial charge in [-0.25, -0.2) is 0 Å². The van der Waals surface area contributed by atoms with E-state index in [9.17, 15) is 9.59 Å².